The number of nitrogens with one attached hydrogen (secondary N) is 3. The molecule has 2 amide bonds. The first-order chi connectivity index (χ1) is 13.9. The predicted molar refractivity (Wildman–Crippen MR) is 111 cm³/mol. The number of aliphatic hydroxyl groups is 1. The van der Waals surface area contributed by atoms with Crippen molar-refractivity contribution in [2.45, 2.75) is 77.0 Å². The smallest absolute Gasteiger partial charge is 0.245 e. The van der Waals surface area contributed by atoms with Crippen molar-refractivity contribution in [3.63, 3.8) is 0 Å². The number of rotatable bonds is 9. The van der Waals surface area contributed by atoms with Gasteiger partial charge >= 0.3 is 0 Å². The van der Waals surface area contributed by atoms with Gasteiger partial charge < -0.3 is 26.8 Å². The Morgan fingerprint density at radius 2 is 1.79 bits per heavy atom. The van der Waals surface area contributed by atoms with E-state index in [1.54, 1.807) is 6.92 Å². The summed E-state index contributed by atoms with van der Waals surface area (Å²) < 4.78 is 0. The van der Waals surface area contributed by atoms with E-state index in [1.807, 2.05) is 0 Å². The first-order valence-electron chi connectivity index (χ1n) is 11.1. The van der Waals surface area contributed by atoms with Gasteiger partial charge in [-0.25, -0.2) is 0 Å². The van der Waals surface area contributed by atoms with Crippen LogP contribution in [0, 0.1) is 17.8 Å². The molecule has 2 aliphatic rings. The topological polar surface area (TPSA) is 134 Å². The Morgan fingerprint density at radius 3 is 2.38 bits per heavy atom. The van der Waals surface area contributed by atoms with Gasteiger partial charge in [-0.05, 0) is 31.7 Å². The van der Waals surface area contributed by atoms with Gasteiger partial charge in [-0.3, -0.25) is 14.4 Å². The second kappa shape index (κ2) is 11.6. The van der Waals surface area contributed by atoms with Crippen molar-refractivity contribution in [1.29, 1.82) is 0 Å². The quantitative estimate of drug-likeness (QED) is 0.366. The van der Waals surface area contributed by atoms with Gasteiger partial charge in [0.2, 0.25) is 11.8 Å². The van der Waals surface area contributed by atoms with Crippen LogP contribution in [0.5, 0.6) is 0 Å². The number of nitrogens with two attached hydrogens (primary N) is 1. The lowest BCUT2D eigenvalue weighted by molar-refractivity contribution is -0.135. The molecule has 166 valence electrons. The van der Waals surface area contributed by atoms with Crippen LogP contribution in [0.1, 0.15) is 58.8 Å². The summed E-state index contributed by atoms with van der Waals surface area (Å²) >= 11 is 0. The molecule has 0 aromatic heterocycles. The highest BCUT2D eigenvalue weighted by Crippen LogP contribution is 2.34. The summed E-state index contributed by atoms with van der Waals surface area (Å²) in [5.74, 6) is -0.0884. The van der Waals surface area contributed by atoms with Crippen LogP contribution in [0.2, 0.25) is 0 Å². The number of Topliss-reactive ketones (excluding diaryl/α,β-unsaturated/α-hetero) is 1. The van der Waals surface area contributed by atoms with Gasteiger partial charge in [-0.15, -0.1) is 0 Å². The van der Waals surface area contributed by atoms with Crippen LogP contribution >= 0.6 is 0 Å². The molecule has 29 heavy (non-hydrogen) atoms. The lowest BCUT2D eigenvalue weighted by Crippen LogP contribution is -2.58. The molecule has 8 nitrogen and oxygen atoms in total. The largest absolute Gasteiger partial charge is 0.391 e. The van der Waals surface area contributed by atoms with E-state index in [1.165, 1.54) is 39.0 Å². The van der Waals surface area contributed by atoms with Crippen molar-refractivity contribution < 1.29 is 19.5 Å². The molecule has 8 heteroatoms. The minimum absolute atomic E-state index is 0.0193. The van der Waals surface area contributed by atoms with Crippen LogP contribution < -0.4 is 21.7 Å². The molecule has 2 unspecified atom stereocenters. The van der Waals surface area contributed by atoms with Crippen molar-refractivity contribution in [3.05, 3.63) is 0 Å². The van der Waals surface area contributed by atoms with Crippen LogP contribution in [-0.4, -0.2) is 60.5 Å². The minimum atomic E-state index is -1.11. The molecule has 5 atom stereocenters. The SMILES string of the molecule is CCC(=O)[C@H](CN)NC(=O)[C@@H](NC(=O)C1CNCC(C2CCCCC2)C1)[C@H](C)O. The van der Waals surface area contributed by atoms with Gasteiger partial charge in [-0.2, -0.15) is 0 Å². The fraction of sp³-hybridized carbons (Fsp3) is 0.857. The van der Waals surface area contributed by atoms with Crippen molar-refractivity contribution in [3.8, 4) is 0 Å². The van der Waals surface area contributed by atoms with Gasteiger partial charge in [0.15, 0.2) is 5.78 Å². The number of carbonyl (C=O) groups is 3. The lowest BCUT2D eigenvalue weighted by atomic mass is 9.74. The summed E-state index contributed by atoms with van der Waals surface area (Å²) in [6, 6.07) is -1.92. The normalized spacial score (nSPS) is 26.2. The van der Waals surface area contributed by atoms with E-state index >= 15 is 0 Å². The Bertz CT molecular complexity index is 563. The molecule has 1 aliphatic heterocycles. The van der Waals surface area contributed by atoms with E-state index in [-0.39, 0.29) is 30.6 Å². The van der Waals surface area contributed by atoms with E-state index in [2.05, 4.69) is 16.0 Å². The molecule has 0 aromatic rings. The average molecular weight is 411 g/mol. The molecule has 6 N–H and O–H groups in total. The number of amides is 2. The molecule has 0 bridgehead atoms. The molecule has 1 saturated carbocycles. The van der Waals surface area contributed by atoms with Crippen LogP contribution in [-0.2, 0) is 14.4 Å². The molecule has 1 heterocycles. The van der Waals surface area contributed by atoms with Crippen molar-refractivity contribution in [2.75, 3.05) is 19.6 Å². The first-order valence-corrected chi connectivity index (χ1v) is 11.1. The van der Waals surface area contributed by atoms with E-state index in [9.17, 15) is 19.5 Å². The predicted octanol–water partition coefficient (Wildman–Crippen LogP) is 0.0806. The first kappa shape index (κ1) is 23.8. The minimum Gasteiger partial charge on any atom is -0.391 e. The molecular formula is C21H38N4O4. The van der Waals surface area contributed by atoms with Crippen molar-refractivity contribution >= 4 is 17.6 Å². The van der Waals surface area contributed by atoms with Gasteiger partial charge in [0.1, 0.15) is 6.04 Å². The van der Waals surface area contributed by atoms with E-state index in [4.69, 9.17) is 5.73 Å². The monoisotopic (exact) mass is 410 g/mol. The van der Waals surface area contributed by atoms with E-state index < -0.39 is 24.1 Å². The third kappa shape index (κ3) is 6.76. The third-order valence-corrected chi connectivity index (χ3v) is 6.42. The summed E-state index contributed by atoms with van der Waals surface area (Å²) in [5.41, 5.74) is 5.58. The molecule has 2 fully saturated rings. The molecule has 1 aliphatic carbocycles. The molecule has 2 rings (SSSR count). The summed E-state index contributed by atoms with van der Waals surface area (Å²) in [7, 11) is 0. The van der Waals surface area contributed by atoms with Crippen molar-refractivity contribution in [2.24, 2.45) is 23.5 Å². The highest BCUT2D eigenvalue weighted by atomic mass is 16.3. The summed E-state index contributed by atoms with van der Waals surface area (Å²) in [6.07, 6.45) is 6.26. The maximum atomic E-state index is 12.9. The molecule has 1 saturated heterocycles. The maximum absolute atomic E-state index is 12.9. The van der Waals surface area contributed by atoms with Crippen LogP contribution in [0.15, 0.2) is 0 Å². The molecule has 0 radical (unpaired) electrons. The van der Waals surface area contributed by atoms with Gasteiger partial charge in [0.05, 0.1) is 18.1 Å². The number of piperidine rings is 1. The van der Waals surface area contributed by atoms with Crippen LogP contribution in [0.3, 0.4) is 0 Å². The zero-order valence-electron chi connectivity index (χ0n) is 17.8. The fourth-order valence-electron chi connectivity index (χ4n) is 4.59. The van der Waals surface area contributed by atoms with Crippen molar-refractivity contribution in [1.82, 2.24) is 16.0 Å². The Hall–Kier alpha value is -1.51. The van der Waals surface area contributed by atoms with Gasteiger partial charge in [0, 0.05) is 19.5 Å². The summed E-state index contributed by atoms with van der Waals surface area (Å²) in [6.45, 7) is 4.64. The van der Waals surface area contributed by atoms with Gasteiger partial charge in [-0.1, -0.05) is 39.0 Å². The zero-order chi connectivity index (χ0) is 21.4. The van der Waals surface area contributed by atoms with E-state index in [0.717, 1.165) is 13.0 Å². The molecular weight excluding hydrogens is 372 g/mol. The van der Waals surface area contributed by atoms with Crippen LogP contribution in [0.4, 0.5) is 0 Å². The zero-order valence-corrected chi connectivity index (χ0v) is 17.8. The lowest BCUT2D eigenvalue weighted by Gasteiger charge is -2.37. The summed E-state index contributed by atoms with van der Waals surface area (Å²) in [5, 5.41) is 18.7. The Labute approximate surface area is 173 Å². The highest BCUT2D eigenvalue weighted by Gasteiger charge is 2.35. The second-order valence-corrected chi connectivity index (χ2v) is 8.59. The highest BCUT2D eigenvalue weighted by molar-refractivity contribution is 5.93. The third-order valence-electron chi connectivity index (χ3n) is 6.42. The average Bonchev–Trinajstić information content (AvgIpc) is 2.75. The number of carbonyl (C=O) groups excluding carboxylic acids is 3. The van der Waals surface area contributed by atoms with Gasteiger partial charge in [0.25, 0.3) is 0 Å². The fourth-order valence-corrected chi connectivity index (χ4v) is 4.59. The number of hydrogen-bond donors (Lipinski definition) is 5. The number of ketones is 1. The Morgan fingerprint density at radius 1 is 1.10 bits per heavy atom. The Balaban J connectivity index is 1.95. The number of aliphatic hydroxyl groups excluding tert-OH is 1. The molecule has 0 spiro atoms. The Kier molecular flexibility index (Phi) is 9.52. The summed E-state index contributed by atoms with van der Waals surface area (Å²) in [4.78, 5) is 37.3. The van der Waals surface area contributed by atoms with Crippen LogP contribution in [0.25, 0.3) is 0 Å². The number of hydrogen-bond acceptors (Lipinski definition) is 6. The maximum Gasteiger partial charge on any atom is 0.245 e. The molecule has 0 aromatic carbocycles. The van der Waals surface area contributed by atoms with E-state index in [0.29, 0.717) is 18.4 Å². The standard InChI is InChI=1S/C21H38N4O4/c1-3-18(27)17(10-22)24-21(29)19(13(2)26)25-20(28)16-9-15(11-23-12-16)14-7-5-4-6-8-14/h13-17,19,23,26H,3-12,22H2,1-2H3,(H,24,29)(H,25,28)/t13-,15?,16?,17-,19-/m0/s1. The second-order valence-electron chi connectivity index (χ2n) is 8.59.